The normalized spacial score (nSPS) is 14.1. The summed E-state index contributed by atoms with van der Waals surface area (Å²) in [6, 6.07) is 95.0. The number of furan rings is 1. The standard InChI is InChI=1S/C65H43N3O/c1-4-21-45(22-5-1)65(68(47-25-8-3-9-26-47)50-37-40-57-56-30-14-17-34-63(56)69-64(57)43-50)58-31-15-12-28-52(58)53-38-35-48(41-59(53)65)66(46-23-6-2-7-24-46)49-36-39-55-54-29-13-16-32-61(54)67(62(55)42-49)60-33-18-20-44-19-10-11-27-51(44)60/h1-43H. The molecule has 0 N–H and O–H groups in total. The number of fused-ring (bicyclic) bond motifs is 10. The van der Waals surface area contributed by atoms with Gasteiger partial charge in [0.05, 0.1) is 16.7 Å². The minimum absolute atomic E-state index is 0.822. The third kappa shape index (κ3) is 5.89. The molecule has 0 radical (unpaired) electrons. The maximum Gasteiger partial charge on any atom is 0.137 e. The molecule has 13 aromatic rings. The van der Waals surface area contributed by atoms with E-state index >= 15 is 0 Å². The summed E-state index contributed by atoms with van der Waals surface area (Å²) in [6.07, 6.45) is 0. The fraction of sp³-hybridized carbons (Fsp3) is 0.0154. The van der Waals surface area contributed by atoms with E-state index in [-0.39, 0.29) is 0 Å². The molecule has 0 bridgehead atoms. The van der Waals surface area contributed by atoms with Crippen molar-refractivity contribution in [3.05, 3.63) is 278 Å². The van der Waals surface area contributed by atoms with E-state index in [0.717, 1.165) is 67.1 Å². The third-order valence-corrected chi connectivity index (χ3v) is 14.4. The highest BCUT2D eigenvalue weighted by atomic mass is 16.3. The average molecular weight is 882 g/mol. The largest absolute Gasteiger partial charge is 0.456 e. The van der Waals surface area contributed by atoms with Crippen molar-refractivity contribution < 1.29 is 4.42 Å². The molecule has 0 fully saturated rings. The molecule has 2 heterocycles. The fourth-order valence-electron chi connectivity index (χ4n) is 11.5. The molecular formula is C65H43N3O. The molecule has 11 aromatic carbocycles. The second kappa shape index (κ2) is 15.5. The van der Waals surface area contributed by atoms with E-state index in [1.54, 1.807) is 0 Å². The Balaban J connectivity index is 1.04. The summed E-state index contributed by atoms with van der Waals surface area (Å²) in [5.74, 6) is 0. The molecule has 0 spiro atoms. The van der Waals surface area contributed by atoms with Crippen LogP contribution >= 0.6 is 0 Å². The number of para-hydroxylation sites is 4. The number of rotatable bonds is 8. The van der Waals surface area contributed by atoms with Gasteiger partial charge in [0, 0.05) is 61.4 Å². The van der Waals surface area contributed by atoms with Crippen LogP contribution < -0.4 is 9.80 Å². The Morgan fingerprint density at radius 1 is 0.333 bits per heavy atom. The van der Waals surface area contributed by atoms with Crippen LogP contribution in [0.25, 0.3) is 71.3 Å². The van der Waals surface area contributed by atoms with Crippen molar-refractivity contribution >= 4 is 83.0 Å². The van der Waals surface area contributed by atoms with E-state index in [2.05, 4.69) is 269 Å². The maximum atomic E-state index is 6.64. The minimum atomic E-state index is -0.822. The molecule has 4 heteroatoms. The summed E-state index contributed by atoms with van der Waals surface area (Å²) in [4.78, 5) is 4.97. The molecule has 1 aliphatic rings. The molecule has 0 saturated heterocycles. The van der Waals surface area contributed by atoms with Crippen LogP contribution in [-0.4, -0.2) is 4.57 Å². The third-order valence-electron chi connectivity index (χ3n) is 14.4. The van der Waals surface area contributed by atoms with E-state index in [9.17, 15) is 0 Å². The molecule has 14 rings (SSSR count). The first-order valence-electron chi connectivity index (χ1n) is 23.7. The minimum Gasteiger partial charge on any atom is -0.456 e. The summed E-state index contributed by atoms with van der Waals surface area (Å²) in [5, 5.41) is 7.07. The molecule has 1 atom stereocenters. The Labute approximate surface area is 399 Å². The molecular weight excluding hydrogens is 839 g/mol. The molecule has 4 nitrogen and oxygen atoms in total. The summed E-state index contributed by atoms with van der Waals surface area (Å²) in [5.41, 5.74) is 15.6. The van der Waals surface area contributed by atoms with Gasteiger partial charge in [-0.15, -0.1) is 0 Å². The van der Waals surface area contributed by atoms with Crippen LogP contribution in [0, 0.1) is 0 Å². The van der Waals surface area contributed by atoms with Crippen molar-refractivity contribution in [1.29, 1.82) is 0 Å². The first-order valence-corrected chi connectivity index (χ1v) is 23.7. The zero-order valence-corrected chi connectivity index (χ0v) is 37.6. The molecule has 0 amide bonds. The van der Waals surface area contributed by atoms with Crippen molar-refractivity contribution in [2.24, 2.45) is 0 Å². The van der Waals surface area contributed by atoms with E-state index in [4.69, 9.17) is 4.42 Å². The van der Waals surface area contributed by atoms with Crippen LogP contribution in [0.4, 0.5) is 28.4 Å². The molecule has 0 aliphatic heterocycles. The topological polar surface area (TPSA) is 24.6 Å². The van der Waals surface area contributed by atoms with Crippen LogP contribution in [0.2, 0.25) is 0 Å². The zero-order valence-electron chi connectivity index (χ0n) is 37.6. The summed E-state index contributed by atoms with van der Waals surface area (Å²) in [7, 11) is 0. The second-order valence-corrected chi connectivity index (χ2v) is 18.0. The second-order valence-electron chi connectivity index (χ2n) is 18.0. The Bertz CT molecular complexity index is 4090. The van der Waals surface area contributed by atoms with Crippen molar-refractivity contribution in [3.63, 3.8) is 0 Å². The molecule has 69 heavy (non-hydrogen) atoms. The summed E-state index contributed by atoms with van der Waals surface area (Å²) >= 11 is 0. The molecule has 0 saturated carbocycles. The lowest BCUT2D eigenvalue weighted by atomic mass is 9.78. The summed E-state index contributed by atoms with van der Waals surface area (Å²) < 4.78 is 9.09. The number of hydrogen-bond acceptors (Lipinski definition) is 3. The Hall–Kier alpha value is -9.12. The average Bonchev–Trinajstić information content (AvgIpc) is 4.05. The predicted molar refractivity (Wildman–Crippen MR) is 287 cm³/mol. The van der Waals surface area contributed by atoms with Crippen LogP contribution in [0.5, 0.6) is 0 Å². The molecule has 2 aromatic heterocycles. The van der Waals surface area contributed by atoms with E-state index in [1.165, 1.54) is 49.3 Å². The van der Waals surface area contributed by atoms with Gasteiger partial charge in [-0.2, -0.15) is 0 Å². The van der Waals surface area contributed by atoms with E-state index in [0.29, 0.717) is 0 Å². The Morgan fingerprint density at radius 2 is 0.913 bits per heavy atom. The van der Waals surface area contributed by atoms with Gasteiger partial charge >= 0.3 is 0 Å². The van der Waals surface area contributed by atoms with Gasteiger partial charge in [0.25, 0.3) is 0 Å². The van der Waals surface area contributed by atoms with Gasteiger partial charge in [0.2, 0.25) is 0 Å². The first kappa shape index (κ1) is 39.1. The van der Waals surface area contributed by atoms with Gasteiger partial charge in [-0.25, -0.2) is 0 Å². The number of hydrogen-bond donors (Lipinski definition) is 0. The van der Waals surface area contributed by atoms with Crippen molar-refractivity contribution in [1.82, 2.24) is 4.57 Å². The van der Waals surface area contributed by atoms with Crippen molar-refractivity contribution in [2.75, 3.05) is 9.80 Å². The highest BCUT2D eigenvalue weighted by molar-refractivity contribution is 6.12. The highest BCUT2D eigenvalue weighted by Gasteiger charge is 2.50. The van der Waals surface area contributed by atoms with Crippen molar-refractivity contribution in [2.45, 2.75) is 5.54 Å². The van der Waals surface area contributed by atoms with Crippen LogP contribution in [0.1, 0.15) is 16.7 Å². The lowest BCUT2D eigenvalue weighted by molar-refractivity contribution is 0.641. The predicted octanol–water partition coefficient (Wildman–Crippen LogP) is 17.4. The molecule has 1 aliphatic carbocycles. The molecule has 324 valence electrons. The van der Waals surface area contributed by atoms with Crippen LogP contribution in [-0.2, 0) is 5.54 Å². The lowest BCUT2D eigenvalue weighted by Crippen LogP contribution is -2.44. The van der Waals surface area contributed by atoms with Gasteiger partial charge in [0.1, 0.15) is 16.7 Å². The zero-order chi connectivity index (χ0) is 45.5. The first-order chi connectivity index (χ1) is 34.2. The summed E-state index contributed by atoms with van der Waals surface area (Å²) in [6.45, 7) is 0. The number of nitrogens with zero attached hydrogens (tertiary/aromatic N) is 3. The Morgan fingerprint density at radius 3 is 1.75 bits per heavy atom. The van der Waals surface area contributed by atoms with E-state index < -0.39 is 5.54 Å². The highest BCUT2D eigenvalue weighted by Crippen LogP contribution is 2.59. The fourth-order valence-corrected chi connectivity index (χ4v) is 11.5. The number of anilines is 5. The maximum absolute atomic E-state index is 6.64. The van der Waals surface area contributed by atoms with Gasteiger partial charge in [-0.05, 0) is 112 Å². The molecule has 1 unspecified atom stereocenters. The van der Waals surface area contributed by atoms with Gasteiger partial charge < -0.3 is 18.8 Å². The van der Waals surface area contributed by atoms with E-state index in [1.807, 2.05) is 6.07 Å². The van der Waals surface area contributed by atoms with Gasteiger partial charge in [0.15, 0.2) is 0 Å². The lowest BCUT2D eigenvalue weighted by Gasteiger charge is -2.45. The number of benzene rings is 11. The van der Waals surface area contributed by atoms with Gasteiger partial charge in [-0.3, -0.25) is 0 Å². The van der Waals surface area contributed by atoms with Gasteiger partial charge in [-0.1, -0.05) is 176 Å². The smallest absolute Gasteiger partial charge is 0.137 e. The van der Waals surface area contributed by atoms with Crippen molar-refractivity contribution in [3.8, 4) is 16.8 Å². The number of aromatic nitrogens is 1. The SMILES string of the molecule is c1ccc(N(c2ccc3c(c2)C(c2ccccc2)(N(c2ccccc2)c2ccc4c(c2)oc2ccccc24)c2ccccc2-3)c2ccc3c4ccccc4n(-c4cccc5ccccc45)c3c2)cc1. The monoisotopic (exact) mass is 881 g/mol. The van der Waals surface area contributed by atoms with Crippen LogP contribution in [0.15, 0.2) is 265 Å². The Kier molecular flexibility index (Phi) is 8.77. The quantitative estimate of drug-likeness (QED) is 0.152. The van der Waals surface area contributed by atoms with Crippen LogP contribution in [0.3, 0.4) is 0 Å².